The van der Waals surface area contributed by atoms with Crippen LogP contribution in [0.1, 0.15) is 13.3 Å². The quantitative estimate of drug-likeness (QED) is 0.713. The van der Waals surface area contributed by atoms with Crippen molar-refractivity contribution in [2.24, 2.45) is 5.92 Å². The number of morpholine rings is 1. The van der Waals surface area contributed by atoms with Gasteiger partial charge < -0.3 is 24.7 Å². The monoisotopic (exact) mass is 272 g/mol. The maximum Gasteiger partial charge on any atom is 0.326 e. The molecule has 2 amide bonds. The van der Waals surface area contributed by atoms with Crippen LogP contribution in [-0.2, 0) is 9.53 Å². The zero-order valence-electron chi connectivity index (χ0n) is 11.0. The molecule has 0 bridgehead atoms. The normalized spacial score (nSPS) is 31.6. The van der Waals surface area contributed by atoms with Gasteiger partial charge in [0.05, 0.1) is 25.9 Å². The topological polar surface area (TPSA) is 90.3 Å². The van der Waals surface area contributed by atoms with Crippen LogP contribution < -0.4 is 0 Å². The summed E-state index contributed by atoms with van der Waals surface area (Å²) in [6.45, 7) is 3.22. The van der Waals surface area contributed by atoms with Crippen LogP contribution in [-0.4, -0.2) is 77.0 Å². The number of rotatable bonds is 2. The summed E-state index contributed by atoms with van der Waals surface area (Å²) in [5.41, 5.74) is 0. The Bertz CT molecular complexity index is 362. The van der Waals surface area contributed by atoms with Crippen LogP contribution in [0.15, 0.2) is 0 Å². The average molecular weight is 272 g/mol. The molecule has 3 unspecified atom stereocenters. The Kier molecular flexibility index (Phi) is 4.26. The van der Waals surface area contributed by atoms with Crippen molar-refractivity contribution in [1.29, 1.82) is 0 Å². The van der Waals surface area contributed by atoms with Gasteiger partial charge in [0.2, 0.25) is 0 Å². The lowest BCUT2D eigenvalue weighted by molar-refractivity contribution is -0.142. The summed E-state index contributed by atoms with van der Waals surface area (Å²) >= 11 is 0. The first-order chi connectivity index (χ1) is 9.06. The largest absolute Gasteiger partial charge is 0.480 e. The number of aliphatic carboxylic acids is 1. The molecule has 7 heteroatoms. The van der Waals surface area contributed by atoms with E-state index >= 15 is 0 Å². The molecule has 2 saturated heterocycles. The van der Waals surface area contributed by atoms with Gasteiger partial charge in [-0.1, -0.05) is 6.92 Å². The highest BCUT2D eigenvalue weighted by Gasteiger charge is 2.42. The summed E-state index contributed by atoms with van der Waals surface area (Å²) in [5, 5.41) is 18.5. The van der Waals surface area contributed by atoms with E-state index in [0.717, 1.165) is 0 Å². The summed E-state index contributed by atoms with van der Waals surface area (Å²) in [5.74, 6) is -1.01. The van der Waals surface area contributed by atoms with Crippen molar-refractivity contribution in [3.63, 3.8) is 0 Å². The summed E-state index contributed by atoms with van der Waals surface area (Å²) < 4.78 is 5.22. The first-order valence-electron chi connectivity index (χ1n) is 6.55. The molecule has 3 atom stereocenters. The molecule has 2 rings (SSSR count). The summed E-state index contributed by atoms with van der Waals surface area (Å²) in [6.07, 6.45) is 0.691. The highest BCUT2D eigenvalue weighted by atomic mass is 16.5. The van der Waals surface area contributed by atoms with Crippen LogP contribution in [0.2, 0.25) is 0 Å². The second-order valence-electron chi connectivity index (χ2n) is 5.13. The number of hydrogen-bond donors (Lipinski definition) is 2. The van der Waals surface area contributed by atoms with Gasteiger partial charge >= 0.3 is 12.0 Å². The third-order valence-corrected chi connectivity index (χ3v) is 3.88. The number of nitrogens with zero attached hydrogens (tertiary/aromatic N) is 2. The smallest absolute Gasteiger partial charge is 0.326 e. The minimum atomic E-state index is -0.966. The highest BCUT2D eigenvalue weighted by molar-refractivity contribution is 5.84. The van der Waals surface area contributed by atoms with E-state index < -0.39 is 12.0 Å². The van der Waals surface area contributed by atoms with Crippen molar-refractivity contribution >= 4 is 12.0 Å². The number of aliphatic hydroxyl groups excluding tert-OH is 1. The van der Waals surface area contributed by atoms with Crippen LogP contribution in [0.5, 0.6) is 0 Å². The third kappa shape index (κ3) is 2.66. The van der Waals surface area contributed by atoms with Gasteiger partial charge in [0.1, 0.15) is 6.04 Å². The van der Waals surface area contributed by atoms with Crippen molar-refractivity contribution < 1.29 is 24.5 Å². The maximum atomic E-state index is 12.5. The number of likely N-dealkylation sites (tertiary alicyclic amines) is 1. The van der Waals surface area contributed by atoms with Gasteiger partial charge in [-0.25, -0.2) is 9.59 Å². The molecule has 0 aromatic carbocycles. The van der Waals surface area contributed by atoms with Gasteiger partial charge in [-0.3, -0.25) is 0 Å². The standard InChI is InChI=1S/C12H20N2O5/c1-8-2-3-14(10(8)11(16)17)12(18)13-4-5-19-7-9(13)6-15/h8-10,15H,2-7H2,1H3,(H,16,17). The molecule has 2 aliphatic heterocycles. The minimum absolute atomic E-state index is 0.0462. The van der Waals surface area contributed by atoms with E-state index in [1.807, 2.05) is 6.92 Å². The first kappa shape index (κ1) is 14.1. The molecule has 0 saturated carbocycles. The average Bonchev–Trinajstić information content (AvgIpc) is 2.79. The summed E-state index contributed by atoms with van der Waals surface area (Å²) in [4.78, 5) is 26.7. The van der Waals surface area contributed by atoms with E-state index in [9.17, 15) is 19.8 Å². The van der Waals surface area contributed by atoms with Gasteiger partial charge in [-0.2, -0.15) is 0 Å². The number of ether oxygens (including phenoxy) is 1. The molecule has 108 valence electrons. The van der Waals surface area contributed by atoms with Crippen molar-refractivity contribution in [1.82, 2.24) is 9.80 Å². The van der Waals surface area contributed by atoms with Crippen molar-refractivity contribution in [3.8, 4) is 0 Å². The number of carboxylic acids is 1. The Morgan fingerprint density at radius 2 is 2.05 bits per heavy atom. The minimum Gasteiger partial charge on any atom is -0.480 e. The molecule has 0 aliphatic carbocycles. The van der Waals surface area contributed by atoms with Gasteiger partial charge in [0.25, 0.3) is 0 Å². The van der Waals surface area contributed by atoms with Gasteiger partial charge in [-0.15, -0.1) is 0 Å². The molecule has 2 fully saturated rings. The van der Waals surface area contributed by atoms with Crippen molar-refractivity contribution in [2.75, 3.05) is 32.9 Å². The summed E-state index contributed by atoms with van der Waals surface area (Å²) in [7, 11) is 0. The molecular weight excluding hydrogens is 252 g/mol. The fraction of sp³-hybridized carbons (Fsp3) is 0.833. The molecular formula is C12H20N2O5. The van der Waals surface area contributed by atoms with E-state index in [-0.39, 0.29) is 24.6 Å². The lowest BCUT2D eigenvalue weighted by Gasteiger charge is -2.38. The van der Waals surface area contributed by atoms with Gasteiger partial charge in [0.15, 0.2) is 0 Å². The molecule has 2 N–H and O–H groups in total. The van der Waals surface area contributed by atoms with Crippen LogP contribution in [0.3, 0.4) is 0 Å². The molecule has 19 heavy (non-hydrogen) atoms. The fourth-order valence-corrected chi connectivity index (χ4v) is 2.76. The Hall–Kier alpha value is -1.34. The number of carbonyl (C=O) groups is 2. The Labute approximate surface area is 111 Å². The maximum absolute atomic E-state index is 12.5. The molecule has 0 aromatic rings. The fourth-order valence-electron chi connectivity index (χ4n) is 2.76. The zero-order valence-corrected chi connectivity index (χ0v) is 11.0. The Balaban J connectivity index is 2.11. The molecule has 0 radical (unpaired) electrons. The molecule has 7 nitrogen and oxygen atoms in total. The SMILES string of the molecule is CC1CCN(C(=O)N2CCOCC2CO)C1C(=O)O. The van der Waals surface area contributed by atoms with E-state index in [1.165, 1.54) is 9.80 Å². The lowest BCUT2D eigenvalue weighted by atomic mass is 10.0. The highest BCUT2D eigenvalue weighted by Crippen LogP contribution is 2.26. The molecule has 2 heterocycles. The van der Waals surface area contributed by atoms with Crippen LogP contribution in [0, 0.1) is 5.92 Å². The van der Waals surface area contributed by atoms with Crippen molar-refractivity contribution in [3.05, 3.63) is 0 Å². The van der Waals surface area contributed by atoms with Gasteiger partial charge in [0, 0.05) is 13.1 Å². The Morgan fingerprint density at radius 3 is 2.68 bits per heavy atom. The van der Waals surface area contributed by atoms with E-state index in [1.54, 1.807) is 0 Å². The predicted octanol–water partition coefficient (Wildman–Crippen LogP) is -0.405. The zero-order chi connectivity index (χ0) is 14.0. The molecule has 2 aliphatic rings. The molecule has 0 aromatic heterocycles. The van der Waals surface area contributed by atoms with E-state index in [2.05, 4.69) is 0 Å². The van der Waals surface area contributed by atoms with E-state index in [0.29, 0.717) is 32.7 Å². The number of hydrogen-bond acceptors (Lipinski definition) is 4. The van der Waals surface area contributed by atoms with Crippen LogP contribution >= 0.6 is 0 Å². The predicted molar refractivity (Wildman–Crippen MR) is 65.7 cm³/mol. The van der Waals surface area contributed by atoms with Crippen LogP contribution in [0.25, 0.3) is 0 Å². The number of urea groups is 1. The summed E-state index contributed by atoms with van der Waals surface area (Å²) in [6, 6.07) is -1.46. The first-order valence-corrected chi connectivity index (χ1v) is 6.55. The van der Waals surface area contributed by atoms with Gasteiger partial charge in [-0.05, 0) is 12.3 Å². The van der Waals surface area contributed by atoms with E-state index in [4.69, 9.17) is 4.74 Å². The number of aliphatic hydroxyl groups is 1. The third-order valence-electron chi connectivity index (χ3n) is 3.88. The van der Waals surface area contributed by atoms with Crippen LogP contribution in [0.4, 0.5) is 4.79 Å². The number of carboxylic acid groups (broad SMARTS) is 1. The number of amides is 2. The lowest BCUT2D eigenvalue weighted by Crippen LogP contribution is -2.57. The second-order valence-corrected chi connectivity index (χ2v) is 5.13. The van der Waals surface area contributed by atoms with Crippen molar-refractivity contribution in [2.45, 2.75) is 25.4 Å². The molecule has 0 spiro atoms. The Morgan fingerprint density at radius 1 is 1.32 bits per heavy atom. The second kappa shape index (κ2) is 5.75. The number of carbonyl (C=O) groups excluding carboxylic acids is 1.